The van der Waals surface area contributed by atoms with E-state index in [0.717, 1.165) is 56.6 Å². The largest absolute Gasteiger partial charge is 0.469 e. The number of epoxide rings is 1. The standard InChI is InChI=1S/C44H62N2O10/c1-22(2)10-14-41(4)35-34(49)36(50)42(5)31(43(35)20-53-33(48)18-32(43)55-41)11-13-40(3)37(54-39(51)38-44(40,42)56-38)26-12-15-52-30(26)17-27-25-8-6-24(28-19-45-21-46-28)16-23(25)7-9-29(27)47/h12,15,22-25,27-29,31-32,35-38,45-47,50H,6-11,13-14,16-21H2,1-5H3. The van der Waals surface area contributed by atoms with E-state index in [1.54, 1.807) is 6.26 Å². The summed E-state index contributed by atoms with van der Waals surface area (Å²) in [7, 11) is 0. The molecule has 0 radical (unpaired) electrons. The van der Waals surface area contributed by atoms with Gasteiger partial charge in [-0.15, -0.1) is 0 Å². The molecule has 0 amide bonds. The molecule has 12 nitrogen and oxygen atoms in total. The summed E-state index contributed by atoms with van der Waals surface area (Å²) in [5, 5.41) is 31.2. The predicted molar refractivity (Wildman–Crippen MR) is 200 cm³/mol. The van der Waals surface area contributed by atoms with Crippen LogP contribution in [0.2, 0.25) is 0 Å². The van der Waals surface area contributed by atoms with Crippen molar-refractivity contribution in [3.05, 3.63) is 23.7 Å². The quantitative estimate of drug-likeness (QED) is 0.228. The van der Waals surface area contributed by atoms with Crippen molar-refractivity contribution in [2.45, 2.75) is 153 Å². The van der Waals surface area contributed by atoms with Crippen LogP contribution in [0.25, 0.3) is 0 Å². The first kappa shape index (κ1) is 37.9. The number of fused-ring (bicyclic) bond motifs is 2. The van der Waals surface area contributed by atoms with Crippen molar-refractivity contribution in [2.24, 2.45) is 57.7 Å². The van der Waals surface area contributed by atoms with E-state index >= 15 is 4.79 Å². The Hall–Kier alpha value is -2.35. The van der Waals surface area contributed by atoms with Crippen LogP contribution in [0.4, 0.5) is 0 Å². The lowest BCUT2D eigenvalue weighted by atomic mass is 9.36. The highest BCUT2D eigenvalue weighted by Gasteiger charge is 2.91. The normalized spacial score (nSPS) is 51.9. The van der Waals surface area contributed by atoms with Crippen molar-refractivity contribution in [3.63, 3.8) is 0 Å². The minimum atomic E-state index is -1.43. The second kappa shape index (κ2) is 12.8. The molecule has 17 atom stereocenters. The number of carbonyl (C=O) groups is 3. The van der Waals surface area contributed by atoms with Gasteiger partial charge in [-0.3, -0.25) is 9.59 Å². The fourth-order valence-electron chi connectivity index (χ4n) is 15.2. The Morgan fingerprint density at radius 3 is 2.55 bits per heavy atom. The smallest absolute Gasteiger partial charge is 0.339 e. The minimum absolute atomic E-state index is 0.0284. The van der Waals surface area contributed by atoms with Crippen LogP contribution in [0.15, 0.2) is 16.7 Å². The van der Waals surface area contributed by atoms with Crippen LogP contribution in [0.1, 0.15) is 116 Å². The van der Waals surface area contributed by atoms with E-state index in [0.29, 0.717) is 55.4 Å². The van der Waals surface area contributed by atoms with Crippen LogP contribution in [0.3, 0.4) is 0 Å². The van der Waals surface area contributed by atoms with Crippen LogP contribution in [0.5, 0.6) is 0 Å². The fraction of sp³-hybridized carbons (Fsp3) is 0.841. The molecule has 1 aromatic rings. The van der Waals surface area contributed by atoms with Crippen molar-refractivity contribution in [1.82, 2.24) is 10.6 Å². The maximum absolute atomic E-state index is 15.0. The lowest BCUT2D eigenvalue weighted by Crippen LogP contribution is -2.76. The van der Waals surface area contributed by atoms with Gasteiger partial charge >= 0.3 is 11.9 Å². The first-order chi connectivity index (χ1) is 26.7. The first-order valence-corrected chi connectivity index (χ1v) is 21.8. The topological polar surface area (TPSA) is 169 Å². The van der Waals surface area contributed by atoms with Gasteiger partial charge in [0.2, 0.25) is 0 Å². The third kappa shape index (κ3) is 4.89. The summed E-state index contributed by atoms with van der Waals surface area (Å²) < 4.78 is 32.2. The molecule has 4 N–H and O–H groups in total. The summed E-state index contributed by atoms with van der Waals surface area (Å²) in [6.45, 7) is 12.2. The van der Waals surface area contributed by atoms with E-state index in [4.69, 9.17) is 23.4 Å². The maximum atomic E-state index is 15.0. The number of aliphatic hydroxyl groups is 2. The highest BCUT2D eigenvalue weighted by Crippen LogP contribution is 2.80. The molecule has 56 heavy (non-hydrogen) atoms. The van der Waals surface area contributed by atoms with Crippen LogP contribution >= 0.6 is 0 Å². The Morgan fingerprint density at radius 1 is 0.982 bits per heavy atom. The summed E-state index contributed by atoms with van der Waals surface area (Å²) in [4.78, 5) is 42.1. The third-order valence-electron chi connectivity index (χ3n) is 17.8. The zero-order chi connectivity index (χ0) is 39.2. The first-order valence-electron chi connectivity index (χ1n) is 21.8. The Labute approximate surface area is 329 Å². The number of hydrogen-bond acceptors (Lipinski definition) is 12. The molecule has 5 aliphatic heterocycles. The second-order valence-corrected chi connectivity index (χ2v) is 20.7. The zero-order valence-corrected chi connectivity index (χ0v) is 33.7. The monoisotopic (exact) mass is 778 g/mol. The fourth-order valence-corrected chi connectivity index (χ4v) is 15.2. The number of ketones is 1. The average molecular weight is 779 g/mol. The number of aliphatic hydroxyl groups excluding tert-OH is 2. The SMILES string of the molecule is CC(C)CCC1(C)OC2CC(=O)OCC23C1C(=O)C(O)C1(C)C3CCC2(C)C(c3ccoc3CC3C(O)CCC4CC(C5CNCN5)CCC43)OC(=O)C3OC321. The summed E-state index contributed by atoms with van der Waals surface area (Å²) in [5.41, 5.74) is -4.21. The predicted octanol–water partition coefficient (Wildman–Crippen LogP) is 4.39. The molecule has 0 bridgehead atoms. The molecule has 0 aromatic carbocycles. The molecule has 10 rings (SSSR count). The maximum Gasteiger partial charge on any atom is 0.339 e. The van der Waals surface area contributed by atoms with Crippen LogP contribution < -0.4 is 10.6 Å². The van der Waals surface area contributed by atoms with Crippen molar-refractivity contribution in [2.75, 3.05) is 19.8 Å². The van der Waals surface area contributed by atoms with E-state index in [9.17, 15) is 19.8 Å². The molecule has 9 aliphatic rings. The molecular formula is C44H62N2O10. The van der Waals surface area contributed by atoms with E-state index in [1.165, 1.54) is 6.42 Å². The number of carbonyl (C=O) groups excluding carboxylic acids is 3. The Bertz CT molecular complexity index is 1780. The Kier molecular flexibility index (Phi) is 8.68. The molecule has 4 saturated carbocycles. The van der Waals surface area contributed by atoms with Crippen LogP contribution in [0, 0.1) is 57.7 Å². The number of rotatable bonds is 7. The molecular weight excluding hydrogens is 716 g/mol. The van der Waals surface area contributed by atoms with E-state index in [-0.39, 0.29) is 36.6 Å². The summed E-state index contributed by atoms with van der Waals surface area (Å²) in [5.74, 6) is 0.557. The van der Waals surface area contributed by atoms with Gasteiger partial charge in [0.1, 0.15) is 30.2 Å². The number of hydrogen-bond donors (Lipinski definition) is 4. The molecule has 1 aromatic heterocycles. The Balaban J connectivity index is 0.985. The van der Waals surface area contributed by atoms with Gasteiger partial charge in [-0.05, 0) is 106 Å². The van der Waals surface area contributed by atoms with Gasteiger partial charge in [0.15, 0.2) is 11.9 Å². The highest BCUT2D eigenvalue weighted by atomic mass is 16.7. The number of cyclic esters (lactones) is 2. The van der Waals surface area contributed by atoms with Gasteiger partial charge in [0.25, 0.3) is 0 Å². The molecule has 6 heterocycles. The molecule has 308 valence electrons. The van der Waals surface area contributed by atoms with Gasteiger partial charge < -0.3 is 44.2 Å². The van der Waals surface area contributed by atoms with Crippen molar-refractivity contribution < 1.29 is 48.0 Å². The van der Waals surface area contributed by atoms with E-state index in [1.807, 2.05) is 19.9 Å². The van der Waals surface area contributed by atoms with Gasteiger partial charge in [0.05, 0.1) is 36.4 Å². The van der Waals surface area contributed by atoms with Crippen molar-refractivity contribution in [1.29, 1.82) is 0 Å². The van der Waals surface area contributed by atoms with E-state index < -0.39 is 69.9 Å². The minimum Gasteiger partial charge on any atom is -0.469 e. The van der Waals surface area contributed by atoms with Crippen molar-refractivity contribution >= 4 is 17.7 Å². The summed E-state index contributed by atoms with van der Waals surface area (Å²) in [6, 6.07) is 2.42. The van der Waals surface area contributed by atoms with Gasteiger partial charge in [-0.1, -0.05) is 27.7 Å². The zero-order valence-electron chi connectivity index (χ0n) is 33.7. The van der Waals surface area contributed by atoms with Crippen molar-refractivity contribution in [3.8, 4) is 0 Å². The molecule has 5 saturated heterocycles. The van der Waals surface area contributed by atoms with Gasteiger partial charge in [-0.25, -0.2) is 4.79 Å². The second-order valence-electron chi connectivity index (χ2n) is 20.7. The van der Waals surface area contributed by atoms with E-state index in [2.05, 4.69) is 31.4 Å². The number of nitrogens with one attached hydrogen (secondary N) is 2. The lowest BCUT2D eigenvalue weighted by molar-refractivity contribution is -0.252. The lowest BCUT2D eigenvalue weighted by Gasteiger charge is -2.66. The number of furan rings is 1. The Morgan fingerprint density at radius 2 is 1.79 bits per heavy atom. The average Bonchev–Trinajstić information content (AvgIpc) is 3.42. The molecule has 9 fully saturated rings. The molecule has 12 heteroatoms. The molecule has 17 unspecified atom stereocenters. The van der Waals surface area contributed by atoms with Gasteiger partial charge in [0, 0.05) is 47.5 Å². The van der Waals surface area contributed by atoms with Gasteiger partial charge in [-0.2, -0.15) is 0 Å². The number of ether oxygens (including phenoxy) is 4. The van der Waals surface area contributed by atoms with Crippen LogP contribution in [-0.2, 0) is 39.8 Å². The highest BCUT2D eigenvalue weighted by molar-refractivity contribution is 5.92. The third-order valence-corrected chi connectivity index (χ3v) is 17.8. The van der Waals surface area contributed by atoms with Crippen LogP contribution in [-0.4, -0.2) is 89.4 Å². The summed E-state index contributed by atoms with van der Waals surface area (Å²) >= 11 is 0. The molecule has 2 spiro atoms. The molecule has 4 aliphatic carbocycles. The number of Topliss-reactive ketones (excluding diaryl/α,β-unsaturated/α-hetero) is 1. The number of esters is 2. The summed E-state index contributed by atoms with van der Waals surface area (Å²) in [6.07, 6.45) is 5.98.